The second-order valence-electron chi connectivity index (χ2n) is 6.54. The van der Waals surface area contributed by atoms with Crippen molar-refractivity contribution >= 4 is 17.5 Å². The molecule has 30 heavy (non-hydrogen) atoms. The maximum atomic E-state index is 12.5. The Labute approximate surface area is 175 Å². The number of carbonyl (C=O) groups excluding carboxylic acids is 2. The Bertz CT molecular complexity index is 972. The van der Waals surface area contributed by atoms with Gasteiger partial charge in [-0.15, -0.1) is 0 Å². The van der Waals surface area contributed by atoms with Crippen LogP contribution in [0.15, 0.2) is 78.9 Å². The van der Waals surface area contributed by atoms with Gasteiger partial charge < -0.3 is 20.1 Å². The summed E-state index contributed by atoms with van der Waals surface area (Å²) in [7, 11) is 1.60. The van der Waals surface area contributed by atoms with E-state index in [1.54, 1.807) is 43.4 Å². The van der Waals surface area contributed by atoms with Crippen LogP contribution in [0.3, 0.4) is 0 Å². The van der Waals surface area contributed by atoms with Gasteiger partial charge in [0.05, 0.1) is 6.42 Å². The summed E-state index contributed by atoms with van der Waals surface area (Å²) in [6.07, 6.45) is 0.304. The van der Waals surface area contributed by atoms with Gasteiger partial charge in [-0.25, -0.2) is 0 Å². The molecule has 0 fully saturated rings. The summed E-state index contributed by atoms with van der Waals surface area (Å²) in [5.74, 6) is 1.09. The third-order valence-electron chi connectivity index (χ3n) is 4.32. The van der Waals surface area contributed by atoms with Gasteiger partial charge in [0.2, 0.25) is 5.91 Å². The molecule has 0 unspecified atom stereocenters. The van der Waals surface area contributed by atoms with Crippen molar-refractivity contribution in [2.45, 2.75) is 6.42 Å². The molecule has 0 spiro atoms. The van der Waals surface area contributed by atoms with E-state index in [4.69, 9.17) is 9.47 Å². The molecule has 0 aliphatic rings. The molecule has 6 heteroatoms. The molecule has 0 aliphatic carbocycles. The molecule has 0 aliphatic heterocycles. The number of ether oxygens (including phenoxy) is 2. The molecule has 154 valence electrons. The highest BCUT2D eigenvalue weighted by Crippen LogP contribution is 2.16. The highest BCUT2D eigenvalue weighted by molar-refractivity contribution is 6.04. The van der Waals surface area contributed by atoms with E-state index < -0.39 is 0 Å². The van der Waals surface area contributed by atoms with Gasteiger partial charge >= 0.3 is 0 Å². The Kier molecular flexibility index (Phi) is 7.44. The van der Waals surface area contributed by atoms with E-state index in [0.717, 1.165) is 11.3 Å². The molecule has 3 rings (SSSR count). The fraction of sp³-hybridized carbons (Fsp3) is 0.167. The molecule has 3 aromatic rings. The standard InChI is InChI=1S/C24H24N2O4/c1-25-23(27)16-18-10-12-20(13-11-18)26-24(28)19-6-5-9-22(17-19)30-15-14-29-21-7-3-2-4-8-21/h2-13,17H,14-16H2,1H3,(H,25,27)(H,26,28). The van der Waals surface area contributed by atoms with Crippen molar-refractivity contribution in [1.29, 1.82) is 0 Å². The summed E-state index contributed by atoms with van der Waals surface area (Å²) < 4.78 is 11.3. The van der Waals surface area contributed by atoms with E-state index in [2.05, 4.69) is 10.6 Å². The topological polar surface area (TPSA) is 76.7 Å². The normalized spacial score (nSPS) is 10.2. The van der Waals surface area contributed by atoms with Crippen LogP contribution in [0.4, 0.5) is 5.69 Å². The Morgan fingerprint density at radius 3 is 2.17 bits per heavy atom. The van der Waals surface area contributed by atoms with Crippen molar-refractivity contribution in [3.05, 3.63) is 90.0 Å². The van der Waals surface area contributed by atoms with Crippen LogP contribution in [0, 0.1) is 0 Å². The van der Waals surface area contributed by atoms with Gasteiger partial charge in [-0.3, -0.25) is 9.59 Å². The molecule has 0 saturated heterocycles. The van der Waals surface area contributed by atoms with Crippen molar-refractivity contribution in [3.63, 3.8) is 0 Å². The minimum absolute atomic E-state index is 0.0576. The number of carbonyl (C=O) groups is 2. The van der Waals surface area contributed by atoms with Crippen molar-refractivity contribution in [2.75, 3.05) is 25.6 Å². The van der Waals surface area contributed by atoms with Crippen LogP contribution < -0.4 is 20.1 Å². The van der Waals surface area contributed by atoms with Crippen molar-refractivity contribution in [3.8, 4) is 11.5 Å². The van der Waals surface area contributed by atoms with Gasteiger partial charge in [0.15, 0.2) is 0 Å². The molecule has 0 heterocycles. The molecule has 2 amide bonds. The second kappa shape index (κ2) is 10.7. The van der Waals surface area contributed by atoms with Gasteiger partial charge in [-0.1, -0.05) is 36.4 Å². The van der Waals surface area contributed by atoms with E-state index >= 15 is 0 Å². The zero-order valence-corrected chi connectivity index (χ0v) is 16.8. The van der Waals surface area contributed by atoms with Gasteiger partial charge in [0.25, 0.3) is 5.91 Å². The molecule has 0 saturated carbocycles. The zero-order valence-electron chi connectivity index (χ0n) is 16.8. The number of nitrogens with one attached hydrogen (secondary N) is 2. The zero-order chi connectivity index (χ0) is 21.2. The quantitative estimate of drug-likeness (QED) is 0.534. The lowest BCUT2D eigenvalue weighted by atomic mass is 10.1. The summed E-state index contributed by atoms with van der Waals surface area (Å²) in [5, 5.41) is 5.43. The minimum Gasteiger partial charge on any atom is -0.490 e. The van der Waals surface area contributed by atoms with E-state index in [-0.39, 0.29) is 11.8 Å². The minimum atomic E-state index is -0.236. The predicted octanol–water partition coefficient (Wildman–Crippen LogP) is 3.69. The van der Waals surface area contributed by atoms with E-state index in [1.165, 1.54) is 0 Å². The number of rotatable bonds is 9. The van der Waals surface area contributed by atoms with Gasteiger partial charge in [0, 0.05) is 18.3 Å². The van der Waals surface area contributed by atoms with Crippen LogP contribution in [0.2, 0.25) is 0 Å². The first-order chi connectivity index (χ1) is 14.6. The van der Waals surface area contributed by atoms with E-state index in [9.17, 15) is 9.59 Å². The molecule has 2 N–H and O–H groups in total. The highest BCUT2D eigenvalue weighted by Gasteiger charge is 2.08. The summed E-state index contributed by atoms with van der Waals surface area (Å²) >= 11 is 0. The predicted molar refractivity (Wildman–Crippen MR) is 116 cm³/mol. The van der Waals surface area contributed by atoms with Crippen LogP contribution >= 0.6 is 0 Å². The summed E-state index contributed by atoms with van der Waals surface area (Å²) in [6.45, 7) is 0.773. The van der Waals surface area contributed by atoms with Crippen LogP contribution in [0.5, 0.6) is 11.5 Å². The summed E-state index contributed by atoms with van der Waals surface area (Å²) in [6, 6.07) is 23.7. The second-order valence-corrected chi connectivity index (χ2v) is 6.54. The Balaban J connectivity index is 1.50. The number of anilines is 1. The third-order valence-corrected chi connectivity index (χ3v) is 4.32. The average Bonchev–Trinajstić information content (AvgIpc) is 2.79. The van der Waals surface area contributed by atoms with Crippen LogP contribution in [-0.4, -0.2) is 32.1 Å². The molecule has 3 aromatic carbocycles. The summed E-state index contributed by atoms with van der Waals surface area (Å²) in [5.41, 5.74) is 2.02. The lowest BCUT2D eigenvalue weighted by molar-refractivity contribution is -0.119. The SMILES string of the molecule is CNC(=O)Cc1ccc(NC(=O)c2cccc(OCCOc3ccccc3)c2)cc1. The van der Waals surface area contributed by atoms with Crippen molar-refractivity contribution in [2.24, 2.45) is 0 Å². The fourth-order valence-corrected chi connectivity index (χ4v) is 2.75. The fourth-order valence-electron chi connectivity index (χ4n) is 2.75. The van der Waals surface area contributed by atoms with Crippen molar-refractivity contribution in [1.82, 2.24) is 5.32 Å². The molecule has 0 radical (unpaired) electrons. The van der Waals surface area contributed by atoms with Crippen molar-refractivity contribution < 1.29 is 19.1 Å². The molecule has 0 atom stereocenters. The first-order valence-corrected chi connectivity index (χ1v) is 9.65. The maximum absolute atomic E-state index is 12.5. The molecule has 6 nitrogen and oxygen atoms in total. The first kappa shape index (κ1) is 20.9. The van der Waals surface area contributed by atoms with E-state index in [0.29, 0.717) is 36.6 Å². The number of hydrogen-bond acceptors (Lipinski definition) is 4. The number of benzene rings is 3. The lowest BCUT2D eigenvalue weighted by Crippen LogP contribution is -2.19. The Morgan fingerprint density at radius 2 is 1.47 bits per heavy atom. The lowest BCUT2D eigenvalue weighted by Gasteiger charge is -2.10. The first-order valence-electron chi connectivity index (χ1n) is 9.65. The van der Waals surface area contributed by atoms with Crippen LogP contribution in [-0.2, 0) is 11.2 Å². The van der Waals surface area contributed by atoms with Crippen LogP contribution in [0.25, 0.3) is 0 Å². The van der Waals surface area contributed by atoms with E-state index in [1.807, 2.05) is 42.5 Å². The smallest absolute Gasteiger partial charge is 0.255 e. The summed E-state index contributed by atoms with van der Waals surface area (Å²) in [4.78, 5) is 24.0. The number of para-hydroxylation sites is 1. The van der Waals surface area contributed by atoms with Gasteiger partial charge in [-0.05, 0) is 48.0 Å². The number of amides is 2. The van der Waals surface area contributed by atoms with Gasteiger partial charge in [0.1, 0.15) is 24.7 Å². The molecule has 0 bridgehead atoms. The molecular weight excluding hydrogens is 380 g/mol. The number of hydrogen-bond donors (Lipinski definition) is 2. The third kappa shape index (κ3) is 6.38. The number of likely N-dealkylation sites (N-methyl/N-ethyl adjacent to an activating group) is 1. The largest absolute Gasteiger partial charge is 0.490 e. The Hall–Kier alpha value is -3.80. The highest BCUT2D eigenvalue weighted by atomic mass is 16.5. The monoisotopic (exact) mass is 404 g/mol. The van der Waals surface area contributed by atoms with Gasteiger partial charge in [-0.2, -0.15) is 0 Å². The Morgan fingerprint density at radius 1 is 0.800 bits per heavy atom. The average molecular weight is 404 g/mol. The maximum Gasteiger partial charge on any atom is 0.255 e. The molecular formula is C24H24N2O4. The molecule has 0 aromatic heterocycles. The van der Waals surface area contributed by atoms with Crippen LogP contribution in [0.1, 0.15) is 15.9 Å².